The molecule has 4 rings (SSSR count). The summed E-state index contributed by atoms with van der Waals surface area (Å²) in [6.07, 6.45) is 4.84. The van der Waals surface area contributed by atoms with Crippen LogP contribution in [0.5, 0.6) is 0 Å². The molecule has 2 bridgehead atoms. The molecule has 0 spiro atoms. The van der Waals surface area contributed by atoms with E-state index in [4.69, 9.17) is 0 Å². The van der Waals surface area contributed by atoms with Crippen LogP contribution in [-0.2, 0) is 6.42 Å². The zero-order valence-corrected chi connectivity index (χ0v) is 11.3. The number of nitrogens with zero attached hydrogens (tertiary/aromatic N) is 2. The lowest BCUT2D eigenvalue weighted by atomic mass is 9.91. The number of benzene rings is 1. The summed E-state index contributed by atoms with van der Waals surface area (Å²) >= 11 is 0. The summed E-state index contributed by atoms with van der Waals surface area (Å²) in [5.74, 6) is 1.21. The van der Waals surface area contributed by atoms with Gasteiger partial charge in [-0.2, -0.15) is 0 Å². The summed E-state index contributed by atoms with van der Waals surface area (Å²) in [7, 11) is 0. The van der Waals surface area contributed by atoms with Crippen molar-refractivity contribution in [3.63, 3.8) is 0 Å². The fourth-order valence-corrected chi connectivity index (χ4v) is 4.58. The van der Waals surface area contributed by atoms with E-state index in [9.17, 15) is 5.21 Å². The van der Waals surface area contributed by atoms with Gasteiger partial charge in [-0.05, 0) is 50.2 Å². The van der Waals surface area contributed by atoms with Gasteiger partial charge in [-0.1, -0.05) is 23.4 Å². The smallest absolute Gasteiger partial charge is 0.0828 e. The van der Waals surface area contributed by atoms with Crippen molar-refractivity contribution in [1.82, 2.24) is 0 Å². The van der Waals surface area contributed by atoms with Crippen molar-refractivity contribution in [3.8, 4) is 0 Å². The van der Waals surface area contributed by atoms with Crippen molar-refractivity contribution in [2.24, 2.45) is 17.0 Å². The highest BCUT2D eigenvalue weighted by Gasteiger charge is 2.50. The third-order valence-electron chi connectivity index (χ3n) is 5.32. The summed E-state index contributed by atoms with van der Waals surface area (Å²) in [6.45, 7) is 2.29. The Labute approximate surface area is 113 Å². The van der Waals surface area contributed by atoms with E-state index in [1.54, 1.807) is 0 Å². The number of para-hydroxylation sites is 1. The van der Waals surface area contributed by atoms with E-state index < -0.39 is 0 Å². The fourth-order valence-electron chi connectivity index (χ4n) is 4.58. The van der Waals surface area contributed by atoms with Crippen LogP contribution in [-0.4, -0.2) is 23.0 Å². The number of anilines is 1. The van der Waals surface area contributed by atoms with Crippen molar-refractivity contribution in [2.45, 2.75) is 44.7 Å². The molecule has 1 aromatic carbocycles. The lowest BCUT2D eigenvalue weighted by molar-refractivity contribution is 0.310. The van der Waals surface area contributed by atoms with Gasteiger partial charge in [0.15, 0.2) is 0 Å². The molecule has 0 saturated heterocycles. The van der Waals surface area contributed by atoms with E-state index in [-0.39, 0.29) is 0 Å². The minimum absolute atomic E-state index is 0.336. The summed E-state index contributed by atoms with van der Waals surface area (Å²) < 4.78 is 0. The van der Waals surface area contributed by atoms with Crippen LogP contribution in [0.25, 0.3) is 0 Å². The monoisotopic (exact) mass is 256 g/mol. The first-order valence-corrected chi connectivity index (χ1v) is 7.37. The molecule has 2 aliphatic carbocycles. The van der Waals surface area contributed by atoms with Crippen LogP contribution >= 0.6 is 0 Å². The topological polar surface area (TPSA) is 35.8 Å². The molecule has 4 atom stereocenters. The molecule has 0 unspecified atom stereocenters. The molecule has 2 saturated carbocycles. The van der Waals surface area contributed by atoms with E-state index in [0.29, 0.717) is 23.9 Å². The van der Waals surface area contributed by atoms with E-state index in [1.165, 1.54) is 30.5 Å². The molecule has 1 N–H and O–H groups in total. The SMILES string of the molecule is C[C@@H]1Cc2ccccc2N1[C@H]1/C(=N\O)[C@H]2CC[C@H]1C2. The van der Waals surface area contributed by atoms with Crippen LogP contribution in [0, 0.1) is 11.8 Å². The van der Waals surface area contributed by atoms with Crippen LogP contribution in [0.1, 0.15) is 31.7 Å². The Balaban J connectivity index is 1.77. The van der Waals surface area contributed by atoms with Crippen LogP contribution in [0.2, 0.25) is 0 Å². The first-order valence-electron chi connectivity index (χ1n) is 7.37. The molecule has 2 fully saturated rings. The van der Waals surface area contributed by atoms with Crippen molar-refractivity contribution in [2.75, 3.05) is 4.90 Å². The summed E-state index contributed by atoms with van der Waals surface area (Å²) in [6, 6.07) is 9.54. The Morgan fingerprint density at radius 1 is 1.26 bits per heavy atom. The maximum Gasteiger partial charge on any atom is 0.0828 e. The Hall–Kier alpha value is -1.51. The van der Waals surface area contributed by atoms with Crippen LogP contribution in [0.3, 0.4) is 0 Å². The van der Waals surface area contributed by atoms with Gasteiger partial charge in [0.2, 0.25) is 0 Å². The fraction of sp³-hybridized carbons (Fsp3) is 0.562. The Morgan fingerprint density at radius 3 is 2.95 bits per heavy atom. The highest BCUT2D eigenvalue weighted by Crippen LogP contribution is 2.48. The minimum Gasteiger partial charge on any atom is -0.411 e. The molecule has 0 radical (unpaired) electrons. The molecule has 1 aliphatic heterocycles. The molecule has 3 aliphatic rings. The Morgan fingerprint density at radius 2 is 2.11 bits per heavy atom. The van der Waals surface area contributed by atoms with Gasteiger partial charge in [0.25, 0.3) is 0 Å². The van der Waals surface area contributed by atoms with Crippen LogP contribution in [0.4, 0.5) is 5.69 Å². The maximum absolute atomic E-state index is 9.41. The number of fused-ring (bicyclic) bond motifs is 3. The lowest BCUT2D eigenvalue weighted by Gasteiger charge is -2.37. The molecular weight excluding hydrogens is 236 g/mol. The second-order valence-electron chi connectivity index (χ2n) is 6.33. The Kier molecular flexibility index (Phi) is 2.38. The molecule has 100 valence electrons. The van der Waals surface area contributed by atoms with Crippen molar-refractivity contribution in [3.05, 3.63) is 29.8 Å². The summed E-state index contributed by atoms with van der Waals surface area (Å²) in [4.78, 5) is 2.52. The highest BCUT2D eigenvalue weighted by molar-refractivity contribution is 5.97. The molecule has 1 aromatic rings. The molecule has 1 heterocycles. The lowest BCUT2D eigenvalue weighted by Crippen LogP contribution is -2.47. The highest BCUT2D eigenvalue weighted by atomic mass is 16.4. The minimum atomic E-state index is 0.336. The van der Waals surface area contributed by atoms with Crippen LogP contribution in [0.15, 0.2) is 29.4 Å². The average Bonchev–Trinajstić information content (AvgIpc) is 3.08. The van der Waals surface area contributed by atoms with Gasteiger partial charge in [0.1, 0.15) is 0 Å². The molecule has 3 heteroatoms. The van der Waals surface area contributed by atoms with Gasteiger partial charge in [-0.25, -0.2) is 0 Å². The van der Waals surface area contributed by atoms with Gasteiger partial charge in [0, 0.05) is 17.6 Å². The van der Waals surface area contributed by atoms with Crippen molar-refractivity contribution < 1.29 is 5.21 Å². The first kappa shape index (κ1) is 11.3. The van der Waals surface area contributed by atoms with E-state index in [2.05, 4.69) is 41.2 Å². The van der Waals surface area contributed by atoms with Crippen molar-refractivity contribution >= 4 is 11.4 Å². The number of rotatable bonds is 1. The van der Waals surface area contributed by atoms with Gasteiger partial charge in [0.05, 0.1) is 11.8 Å². The van der Waals surface area contributed by atoms with Gasteiger partial charge >= 0.3 is 0 Å². The first-order chi connectivity index (χ1) is 9.29. The predicted octanol–water partition coefficient (Wildman–Crippen LogP) is 3.07. The number of oxime groups is 1. The van der Waals surface area contributed by atoms with Gasteiger partial charge in [-0.3, -0.25) is 0 Å². The summed E-state index contributed by atoms with van der Waals surface area (Å²) in [5.41, 5.74) is 3.84. The van der Waals surface area contributed by atoms with E-state index >= 15 is 0 Å². The maximum atomic E-state index is 9.41. The van der Waals surface area contributed by atoms with Gasteiger partial charge in [-0.15, -0.1) is 0 Å². The normalized spacial score (nSPS) is 38.2. The zero-order chi connectivity index (χ0) is 13.0. The summed E-state index contributed by atoms with van der Waals surface area (Å²) in [5, 5.41) is 13.1. The number of hydrogen-bond donors (Lipinski definition) is 1. The second kappa shape index (κ2) is 3.99. The van der Waals surface area contributed by atoms with E-state index in [1.807, 2.05) is 0 Å². The molecule has 19 heavy (non-hydrogen) atoms. The number of hydrogen-bond acceptors (Lipinski definition) is 3. The average molecular weight is 256 g/mol. The van der Waals surface area contributed by atoms with Gasteiger partial charge < -0.3 is 10.1 Å². The second-order valence-corrected chi connectivity index (χ2v) is 6.33. The van der Waals surface area contributed by atoms with Crippen molar-refractivity contribution in [1.29, 1.82) is 0 Å². The molecular formula is C16H20N2O. The molecule has 3 nitrogen and oxygen atoms in total. The largest absolute Gasteiger partial charge is 0.411 e. The van der Waals surface area contributed by atoms with Crippen LogP contribution < -0.4 is 4.90 Å². The molecule has 0 amide bonds. The third kappa shape index (κ3) is 1.47. The zero-order valence-electron chi connectivity index (χ0n) is 11.3. The quantitative estimate of drug-likeness (QED) is 0.619. The molecule has 0 aromatic heterocycles. The standard InChI is InChI=1S/C16H20N2O/c1-10-8-11-4-2-3-5-14(11)18(10)16-13-7-6-12(9-13)15(16)17-19/h2-5,10,12-13,16,19H,6-9H2,1H3/b17-15-/t10-,12+,13+,16-/m1/s1. The van der Waals surface area contributed by atoms with E-state index in [0.717, 1.165) is 12.1 Å². The third-order valence-corrected chi connectivity index (χ3v) is 5.32. The predicted molar refractivity (Wildman–Crippen MR) is 75.9 cm³/mol. The Bertz CT molecular complexity index is 539.